The van der Waals surface area contributed by atoms with Crippen LogP contribution in [0.5, 0.6) is 0 Å². The van der Waals surface area contributed by atoms with Gasteiger partial charge in [-0.3, -0.25) is 0 Å². The quantitative estimate of drug-likeness (QED) is 0.171. The first-order valence-electron chi connectivity index (χ1n) is 19.4. The predicted molar refractivity (Wildman–Crippen MR) is 239 cm³/mol. The van der Waals surface area contributed by atoms with Crippen LogP contribution in [0.25, 0.3) is 121 Å². The molecule has 0 fully saturated rings. The van der Waals surface area contributed by atoms with Crippen molar-refractivity contribution in [2.75, 3.05) is 0 Å². The van der Waals surface area contributed by atoms with Gasteiger partial charge in [0, 0.05) is 0 Å². The van der Waals surface area contributed by atoms with Crippen molar-refractivity contribution < 1.29 is 0 Å². The molecular formula is C56H36. The summed E-state index contributed by atoms with van der Waals surface area (Å²) in [6, 6.07) is 68.8. The van der Waals surface area contributed by atoms with Crippen LogP contribution in [0.4, 0.5) is 0 Å². The molecule has 0 bridgehead atoms. The third-order valence-corrected chi connectivity index (χ3v) is 12.8. The van der Waals surface area contributed by atoms with Gasteiger partial charge in [0.05, 0.1) is 0 Å². The summed E-state index contributed by atoms with van der Waals surface area (Å²) in [5.74, 6) is 0. The third kappa shape index (κ3) is 4.14. The Kier molecular flexibility index (Phi) is 6.43. The van der Waals surface area contributed by atoms with Crippen molar-refractivity contribution in [3.8, 4) is 89.0 Å². The molecule has 0 nitrogen and oxygen atoms in total. The molecule has 13 rings (SSSR count). The molecule has 0 saturated carbocycles. The van der Waals surface area contributed by atoms with E-state index in [4.69, 9.17) is 0 Å². The first kappa shape index (κ1) is 31.3. The highest BCUT2D eigenvalue weighted by molar-refractivity contribution is 6.21. The van der Waals surface area contributed by atoms with Crippen molar-refractivity contribution in [1.82, 2.24) is 0 Å². The van der Waals surface area contributed by atoms with E-state index in [1.54, 1.807) is 0 Å². The van der Waals surface area contributed by atoms with Crippen molar-refractivity contribution in [2.24, 2.45) is 0 Å². The standard InChI is InChI=1S/C55H32.CH4/c1-2-12-37-32(10-1)28-33-11-7-17-45-38(22-25-50(37)53(33)45)34-29-35(39-23-26-51-43-15-5-3-13-41(43)48-20-8-18-46(39)54(48)51)31-36(30-34)40-24-27-52-44-16-6-4-14-42(44)49-21-9-19-47(40)55(49)52;/h1-27,29-31H,28H2;1H4. The lowest BCUT2D eigenvalue weighted by Crippen LogP contribution is -2.01. The second-order valence-corrected chi connectivity index (χ2v) is 15.5. The summed E-state index contributed by atoms with van der Waals surface area (Å²) in [5, 5.41) is 8.03. The Bertz CT molecular complexity index is 3130. The van der Waals surface area contributed by atoms with Gasteiger partial charge in [-0.1, -0.05) is 171 Å². The molecule has 10 aromatic rings. The molecule has 0 aromatic heterocycles. The molecule has 0 spiro atoms. The minimum absolute atomic E-state index is 0. The van der Waals surface area contributed by atoms with Crippen LogP contribution in [-0.2, 0) is 6.42 Å². The number of rotatable bonds is 3. The average Bonchev–Trinajstić information content (AvgIpc) is 3.75. The minimum atomic E-state index is 0. The molecule has 260 valence electrons. The van der Waals surface area contributed by atoms with E-state index in [2.05, 4.69) is 182 Å². The highest BCUT2D eigenvalue weighted by Gasteiger charge is 2.26. The van der Waals surface area contributed by atoms with Gasteiger partial charge in [0.15, 0.2) is 0 Å². The lowest BCUT2D eigenvalue weighted by molar-refractivity contribution is 1.20. The topological polar surface area (TPSA) is 0 Å². The highest BCUT2D eigenvalue weighted by atomic mass is 14.3. The van der Waals surface area contributed by atoms with E-state index < -0.39 is 0 Å². The zero-order valence-corrected chi connectivity index (χ0v) is 30.0. The van der Waals surface area contributed by atoms with Gasteiger partial charge < -0.3 is 0 Å². The first-order valence-corrected chi connectivity index (χ1v) is 19.4. The Morgan fingerprint density at radius 2 is 0.554 bits per heavy atom. The molecule has 0 atom stereocenters. The van der Waals surface area contributed by atoms with Gasteiger partial charge in [-0.25, -0.2) is 0 Å². The summed E-state index contributed by atoms with van der Waals surface area (Å²) in [5.41, 5.74) is 23.7. The van der Waals surface area contributed by atoms with Gasteiger partial charge in [-0.15, -0.1) is 0 Å². The van der Waals surface area contributed by atoms with E-state index in [1.165, 1.54) is 132 Å². The fourth-order valence-electron chi connectivity index (χ4n) is 10.5. The zero-order valence-electron chi connectivity index (χ0n) is 30.0. The minimum Gasteiger partial charge on any atom is -0.0776 e. The fraction of sp³-hybridized carbons (Fsp3) is 0.0357. The Morgan fingerprint density at radius 3 is 1.04 bits per heavy atom. The highest BCUT2D eigenvalue weighted by Crippen LogP contribution is 2.52. The zero-order chi connectivity index (χ0) is 35.8. The van der Waals surface area contributed by atoms with Crippen LogP contribution in [0.2, 0.25) is 0 Å². The Balaban J connectivity index is 0.00000345. The molecule has 0 N–H and O–H groups in total. The maximum atomic E-state index is 2.45. The van der Waals surface area contributed by atoms with Crippen molar-refractivity contribution in [3.63, 3.8) is 0 Å². The lowest BCUT2D eigenvalue weighted by atomic mass is 9.81. The summed E-state index contributed by atoms with van der Waals surface area (Å²) in [6.45, 7) is 0. The van der Waals surface area contributed by atoms with E-state index in [-0.39, 0.29) is 7.43 Å². The molecule has 56 heavy (non-hydrogen) atoms. The molecular weight excluding hydrogens is 673 g/mol. The summed E-state index contributed by atoms with van der Waals surface area (Å²) >= 11 is 0. The van der Waals surface area contributed by atoms with E-state index in [1.807, 2.05) is 0 Å². The van der Waals surface area contributed by atoms with Crippen LogP contribution in [0.1, 0.15) is 18.6 Å². The second kappa shape index (κ2) is 11.5. The van der Waals surface area contributed by atoms with Crippen LogP contribution in [0, 0.1) is 0 Å². The summed E-state index contributed by atoms with van der Waals surface area (Å²) in [7, 11) is 0. The number of fused-ring (bicyclic) bond motifs is 8. The van der Waals surface area contributed by atoms with Crippen molar-refractivity contribution in [1.29, 1.82) is 0 Å². The van der Waals surface area contributed by atoms with Gasteiger partial charge in [-0.2, -0.15) is 0 Å². The fourth-order valence-corrected chi connectivity index (χ4v) is 10.5. The van der Waals surface area contributed by atoms with Crippen LogP contribution in [-0.4, -0.2) is 0 Å². The van der Waals surface area contributed by atoms with Crippen molar-refractivity contribution in [3.05, 3.63) is 193 Å². The van der Waals surface area contributed by atoms with Gasteiger partial charge in [0.2, 0.25) is 0 Å². The number of benzene rings is 10. The average molecular weight is 709 g/mol. The van der Waals surface area contributed by atoms with Gasteiger partial charge in [0.1, 0.15) is 0 Å². The molecule has 0 heteroatoms. The number of hydrogen-bond acceptors (Lipinski definition) is 0. The summed E-state index contributed by atoms with van der Waals surface area (Å²) in [6.07, 6.45) is 0.960. The Hall–Kier alpha value is -7.02. The monoisotopic (exact) mass is 708 g/mol. The van der Waals surface area contributed by atoms with Crippen LogP contribution < -0.4 is 0 Å². The summed E-state index contributed by atoms with van der Waals surface area (Å²) < 4.78 is 0. The first-order chi connectivity index (χ1) is 27.3. The molecule has 3 aliphatic carbocycles. The number of hydrogen-bond donors (Lipinski definition) is 0. The summed E-state index contributed by atoms with van der Waals surface area (Å²) in [4.78, 5) is 0. The van der Waals surface area contributed by atoms with Gasteiger partial charge in [-0.05, 0) is 157 Å². The molecule has 10 aromatic carbocycles. The molecule has 0 radical (unpaired) electrons. The molecule has 0 aliphatic heterocycles. The molecule has 0 heterocycles. The molecule has 3 aliphatic rings. The van der Waals surface area contributed by atoms with Gasteiger partial charge >= 0.3 is 0 Å². The van der Waals surface area contributed by atoms with E-state index in [0.717, 1.165) is 6.42 Å². The van der Waals surface area contributed by atoms with E-state index in [0.29, 0.717) is 0 Å². The predicted octanol–water partition coefficient (Wildman–Crippen LogP) is 15.6. The SMILES string of the molecule is C.c1ccc2c(c1)Cc1cccc3c(-c4cc(-c5ccc6c7c(cccc57)-c5ccccc5-6)cc(-c5ccc6c7c(cccc57)-c5ccccc5-6)c4)ccc-2c13. The molecule has 0 amide bonds. The Morgan fingerprint density at radius 1 is 0.232 bits per heavy atom. The van der Waals surface area contributed by atoms with Crippen molar-refractivity contribution >= 4 is 32.3 Å². The smallest absolute Gasteiger partial charge is 0.00132 e. The normalized spacial score (nSPS) is 12.4. The molecule has 0 saturated heterocycles. The van der Waals surface area contributed by atoms with Gasteiger partial charge in [0.25, 0.3) is 0 Å². The lowest BCUT2D eigenvalue weighted by Gasteiger charge is -2.23. The van der Waals surface area contributed by atoms with Crippen molar-refractivity contribution in [2.45, 2.75) is 13.8 Å². The molecule has 0 unspecified atom stereocenters. The van der Waals surface area contributed by atoms with Crippen LogP contribution >= 0.6 is 0 Å². The Labute approximate surface area is 327 Å². The maximum absolute atomic E-state index is 2.45. The largest absolute Gasteiger partial charge is 0.0776 e. The van der Waals surface area contributed by atoms with E-state index in [9.17, 15) is 0 Å². The van der Waals surface area contributed by atoms with E-state index >= 15 is 0 Å². The van der Waals surface area contributed by atoms with Crippen LogP contribution in [0.3, 0.4) is 0 Å². The maximum Gasteiger partial charge on any atom is -0.00132 e. The second-order valence-electron chi connectivity index (χ2n) is 15.5. The van der Waals surface area contributed by atoms with Crippen LogP contribution in [0.15, 0.2) is 182 Å². The third-order valence-electron chi connectivity index (χ3n) is 12.8.